The van der Waals surface area contributed by atoms with E-state index in [0.29, 0.717) is 15.0 Å². The van der Waals surface area contributed by atoms with Crippen molar-refractivity contribution in [1.82, 2.24) is 0 Å². The summed E-state index contributed by atoms with van der Waals surface area (Å²) < 4.78 is 1.35. The summed E-state index contributed by atoms with van der Waals surface area (Å²) in [7, 11) is 0. The van der Waals surface area contributed by atoms with Gasteiger partial charge in [-0.3, -0.25) is 0 Å². The molecule has 80 valence electrons. The molecule has 2 heteroatoms. The minimum absolute atomic E-state index is 0.491. The van der Waals surface area contributed by atoms with Gasteiger partial charge in [0.15, 0.2) is 0 Å². The number of aliphatic imine (C=N–C) groups is 1. The van der Waals surface area contributed by atoms with Crippen LogP contribution in [0.15, 0.2) is 59.6 Å². The molecule has 0 unspecified atom stereocenters. The first kappa shape index (κ1) is 11.1. The van der Waals surface area contributed by atoms with Gasteiger partial charge in [0.1, 0.15) is 0 Å². The second kappa shape index (κ2) is 5.64. The van der Waals surface area contributed by atoms with Crippen LogP contribution in [0.3, 0.4) is 0 Å². The Bertz CT molecular complexity index is 477. The van der Waals surface area contributed by atoms with E-state index in [1.807, 2.05) is 30.5 Å². The molecule has 0 aliphatic heterocycles. The minimum atomic E-state index is 0.491. The van der Waals surface area contributed by atoms with Crippen molar-refractivity contribution in [2.75, 3.05) is 0 Å². The summed E-state index contributed by atoms with van der Waals surface area (Å²) in [5.74, 6) is 2.21. The molecule has 0 bridgehead atoms. The third-order valence-electron chi connectivity index (χ3n) is 2.24. The van der Waals surface area contributed by atoms with Crippen molar-refractivity contribution in [1.29, 1.82) is 0 Å². The summed E-state index contributed by atoms with van der Waals surface area (Å²) in [4.78, 5) is 4.54. The first-order chi connectivity index (χ1) is 7.90. The number of para-hydroxylation sites is 1. The van der Waals surface area contributed by atoms with Crippen LogP contribution in [-0.4, -0.2) is 21.2 Å². The molecular weight excluding hydrogens is 261 g/mol. The van der Waals surface area contributed by atoms with Crippen LogP contribution >= 0.6 is 0 Å². The molecule has 0 aliphatic rings. The molecule has 16 heavy (non-hydrogen) atoms. The van der Waals surface area contributed by atoms with Gasteiger partial charge in [0.25, 0.3) is 0 Å². The predicted molar refractivity (Wildman–Crippen MR) is 71.4 cm³/mol. The number of nitrogens with zero attached hydrogens (tertiary/aromatic N) is 1. The van der Waals surface area contributed by atoms with Gasteiger partial charge in [-0.25, -0.2) is 0 Å². The molecule has 0 saturated carbocycles. The Morgan fingerprint density at radius 3 is 2.38 bits per heavy atom. The van der Waals surface area contributed by atoms with E-state index >= 15 is 0 Å². The molecule has 0 saturated heterocycles. The van der Waals surface area contributed by atoms with Crippen molar-refractivity contribution in [3.63, 3.8) is 0 Å². The first-order valence-corrected chi connectivity index (χ1v) is 7.69. The van der Waals surface area contributed by atoms with Crippen LogP contribution in [0.5, 0.6) is 0 Å². The third-order valence-corrected chi connectivity index (χ3v) is 3.88. The molecule has 0 spiro atoms. The molecule has 0 N–H and O–H groups in total. The fourth-order valence-electron chi connectivity index (χ4n) is 1.42. The Balaban J connectivity index is 2.24. The number of hydrogen-bond donors (Lipinski definition) is 0. The van der Waals surface area contributed by atoms with Gasteiger partial charge >= 0.3 is 102 Å². The van der Waals surface area contributed by atoms with Gasteiger partial charge in [0.05, 0.1) is 0 Å². The molecule has 2 aromatic carbocycles. The number of benzene rings is 2. The summed E-state index contributed by atoms with van der Waals surface area (Å²) in [5, 5.41) is 0. The van der Waals surface area contributed by atoms with Gasteiger partial charge in [0, 0.05) is 0 Å². The maximum absolute atomic E-state index is 4.54. The summed E-state index contributed by atoms with van der Waals surface area (Å²) >= 11 is 0.491. The van der Waals surface area contributed by atoms with Gasteiger partial charge in [0.2, 0.25) is 0 Å². The number of hydrogen-bond acceptors (Lipinski definition) is 1. The quantitative estimate of drug-likeness (QED) is 0.603. The van der Waals surface area contributed by atoms with E-state index < -0.39 is 0 Å². The van der Waals surface area contributed by atoms with E-state index in [4.69, 9.17) is 0 Å². The molecule has 0 atom stereocenters. The van der Waals surface area contributed by atoms with Gasteiger partial charge in [-0.05, 0) is 0 Å². The van der Waals surface area contributed by atoms with Crippen molar-refractivity contribution in [3.8, 4) is 0 Å². The van der Waals surface area contributed by atoms with Gasteiger partial charge < -0.3 is 0 Å². The molecule has 0 heterocycles. The Morgan fingerprint density at radius 2 is 1.62 bits per heavy atom. The maximum atomic E-state index is 4.54. The number of rotatable bonds is 3. The first-order valence-electron chi connectivity index (χ1n) is 5.12. The van der Waals surface area contributed by atoms with E-state index in [2.05, 4.69) is 41.1 Å². The van der Waals surface area contributed by atoms with E-state index in [-0.39, 0.29) is 0 Å². The van der Waals surface area contributed by atoms with Crippen LogP contribution in [0.1, 0.15) is 5.56 Å². The molecular formula is C14H13NSe. The zero-order chi connectivity index (χ0) is 11.2. The van der Waals surface area contributed by atoms with E-state index in [0.717, 1.165) is 11.3 Å². The SMILES string of the molecule is C[Se]c1ccccc1N=Cc1ccccc1. The average molecular weight is 274 g/mol. The van der Waals surface area contributed by atoms with E-state index in [1.165, 1.54) is 4.46 Å². The van der Waals surface area contributed by atoms with Crippen LogP contribution in [-0.2, 0) is 0 Å². The Labute approximate surface area is 102 Å². The second-order valence-electron chi connectivity index (χ2n) is 3.34. The standard InChI is InChI=1S/C14H13NSe/c1-16-14-10-6-5-9-13(14)15-11-12-7-3-2-4-8-12/h2-11H,1H3. The van der Waals surface area contributed by atoms with Crippen LogP contribution in [0.4, 0.5) is 5.69 Å². The molecule has 2 rings (SSSR count). The van der Waals surface area contributed by atoms with Crippen LogP contribution in [0.25, 0.3) is 0 Å². The second-order valence-corrected chi connectivity index (χ2v) is 5.12. The molecule has 0 aromatic heterocycles. The van der Waals surface area contributed by atoms with Crippen LogP contribution in [0, 0.1) is 0 Å². The molecule has 0 radical (unpaired) electrons. The van der Waals surface area contributed by atoms with E-state index in [9.17, 15) is 0 Å². The van der Waals surface area contributed by atoms with Crippen molar-refractivity contribution >= 4 is 31.3 Å². The van der Waals surface area contributed by atoms with Crippen LogP contribution < -0.4 is 4.46 Å². The Hall–Kier alpha value is -1.37. The summed E-state index contributed by atoms with van der Waals surface area (Å²) in [6.45, 7) is 0. The normalized spacial score (nSPS) is 10.8. The zero-order valence-corrected chi connectivity index (χ0v) is 10.8. The summed E-state index contributed by atoms with van der Waals surface area (Å²) in [5.41, 5.74) is 2.23. The van der Waals surface area contributed by atoms with Crippen LogP contribution in [0.2, 0.25) is 5.82 Å². The fraction of sp³-hybridized carbons (Fsp3) is 0.0714. The Morgan fingerprint density at radius 1 is 0.938 bits per heavy atom. The van der Waals surface area contributed by atoms with Crippen molar-refractivity contribution in [2.24, 2.45) is 4.99 Å². The van der Waals surface area contributed by atoms with Crippen molar-refractivity contribution < 1.29 is 0 Å². The van der Waals surface area contributed by atoms with Gasteiger partial charge in [-0.2, -0.15) is 0 Å². The summed E-state index contributed by atoms with van der Waals surface area (Å²) in [6, 6.07) is 18.5. The molecule has 1 nitrogen and oxygen atoms in total. The molecule has 0 fully saturated rings. The topological polar surface area (TPSA) is 12.4 Å². The monoisotopic (exact) mass is 275 g/mol. The average Bonchev–Trinajstić information content (AvgIpc) is 2.38. The molecule has 0 aliphatic carbocycles. The zero-order valence-electron chi connectivity index (χ0n) is 9.13. The Kier molecular flexibility index (Phi) is 3.92. The van der Waals surface area contributed by atoms with Gasteiger partial charge in [-0.1, -0.05) is 0 Å². The fourth-order valence-corrected chi connectivity index (χ4v) is 2.56. The molecule has 0 amide bonds. The van der Waals surface area contributed by atoms with E-state index in [1.54, 1.807) is 0 Å². The van der Waals surface area contributed by atoms with Crippen molar-refractivity contribution in [2.45, 2.75) is 5.82 Å². The third kappa shape index (κ3) is 2.82. The summed E-state index contributed by atoms with van der Waals surface area (Å²) in [6.07, 6.45) is 1.92. The predicted octanol–water partition coefficient (Wildman–Crippen LogP) is 2.81. The molecule has 2 aromatic rings. The van der Waals surface area contributed by atoms with Gasteiger partial charge in [-0.15, -0.1) is 0 Å². The van der Waals surface area contributed by atoms with Crippen molar-refractivity contribution in [3.05, 3.63) is 60.2 Å².